The SMILES string of the molecule is C=C/C=C(\C=C)N(c1ccc(-c2ccc(C)cc2)cc1)c1cccs1. The van der Waals surface area contributed by atoms with E-state index in [-0.39, 0.29) is 0 Å². The van der Waals surface area contributed by atoms with Crippen LogP contribution in [0.1, 0.15) is 5.56 Å². The normalized spacial score (nSPS) is 11.2. The van der Waals surface area contributed by atoms with Crippen molar-refractivity contribution in [2.45, 2.75) is 6.92 Å². The average Bonchev–Trinajstić information content (AvgIpc) is 3.17. The van der Waals surface area contributed by atoms with Gasteiger partial charge in [0, 0.05) is 11.4 Å². The number of hydrogen-bond donors (Lipinski definition) is 0. The summed E-state index contributed by atoms with van der Waals surface area (Å²) in [5, 5.41) is 3.23. The van der Waals surface area contributed by atoms with E-state index in [1.807, 2.05) is 12.2 Å². The first-order valence-corrected chi connectivity index (χ1v) is 9.07. The number of hydrogen-bond acceptors (Lipinski definition) is 2. The number of anilines is 2. The monoisotopic (exact) mass is 343 g/mol. The molecule has 124 valence electrons. The minimum absolute atomic E-state index is 1.00. The zero-order chi connectivity index (χ0) is 17.6. The van der Waals surface area contributed by atoms with Gasteiger partial charge in [-0.25, -0.2) is 0 Å². The van der Waals surface area contributed by atoms with Gasteiger partial charge >= 0.3 is 0 Å². The Morgan fingerprint density at radius 2 is 1.56 bits per heavy atom. The van der Waals surface area contributed by atoms with E-state index in [0.717, 1.165) is 16.4 Å². The second-order valence-corrected chi connectivity index (χ2v) is 6.66. The molecule has 1 aromatic heterocycles. The molecule has 0 unspecified atom stereocenters. The zero-order valence-corrected chi connectivity index (χ0v) is 15.2. The van der Waals surface area contributed by atoms with Crippen molar-refractivity contribution in [1.29, 1.82) is 0 Å². The number of allylic oxidation sites excluding steroid dienone is 3. The van der Waals surface area contributed by atoms with Crippen molar-refractivity contribution in [1.82, 2.24) is 0 Å². The lowest BCUT2D eigenvalue weighted by atomic mass is 10.0. The first-order chi connectivity index (χ1) is 12.2. The van der Waals surface area contributed by atoms with Crippen LogP contribution < -0.4 is 4.90 Å². The van der Waals surface area contributed by atoms with Crippen LogP contribution in [0.2, 0.25) is 0 Å². The van der Waals surface area contributed by atoms with E-state index in [9.17, 15) is 0 Å². The van der Waals surface area contributed by atoms with Gasteiger partial charge in [0.2, 0.25) is 0 Å². The second-order valence-electron chi connectivity index (χ2n) is 5.73. The lowest BCUT2D eigenvalue weighted by Gasteiger charge is -2.24. The molecule has 1 heterocycles. The molecule has 25 heavy (non-hydrogen) atoms. The fourth-order valence-electron chi connectivity index (χ4n) is 2.70. The van der Waals surface area contributed by atoms with E-state index in [2.05, 4.69) is 91.0 Å². The molecule has 3 aromatic rings. The molecule has 3 rings (SSSR count). The van der Waals surface area contributed by atoms with Crippen LogP contribution in [-0.2, 0) is 0 Å². The molecule has 0 aliphatic rings. The smallest absolute Gasteiger partial charge is 0.0999 e. The molecular formula is C23H21NS. The fraction of sp³-hybridized carbons (Fsp3) is 0.0435. The Kier molecular flexibility index (Phi) is 5.32. The van der Waals surface area contributed by atoms with Gasteiger partial charge in [-0.15, -0.1) is 11.3 Å². The zero-order valence-electron chi connectivity index (χ0n) is 14.4. The highest BCUT2D eigenvalue weighted by molar-refractivity contribution is 7.14. The first-order valence-electron chi connectivity index (χ1n) is 8.19. The first kappa shape index (κ1) is 17.0. The van der Waals surface area contributed by atoms with Gasteiger partial charge in [-0.3, -0.25) is 0 Å². The van der Waals surface area contributed by atoms with Crippen LogP contribution in [0, 0.1) is 6.92 Å². The maximum absolute atomic E-state index is 3.96. The molecule has 2 heteroatoms. The Balaban J connectivity index is 1.99. The maximum Gasteiger partial charge on any atom is 0.0999 e. The summed E-state index contributed by atoms with van der Waals surface area (Å²) in [7, 11) is 0. The summed E-state index contributed by atoms with van der Waals surface area (Å²) in [6, 6.07) is 21.4. The Hall–Kier alpha value is -2.84. The van der Waals surface area contributed by atoms with Gasteiger partial charge in [0.05, 0.1) is 5.00 Å². The van der Waals surface area contributed by atoms with Crippen LogP contribution in [0.4, 0.5) is 10.7 Å². The largest absolute Gasteiger partial charge is 0.302 e. The summed E-state index contributed by atoms with van der Waals surface area (Å²) in [4.78, 5) is 2.19. The van der Waals surface area contributed by atoms with Crippen molar-refractivity contribution in [3.8, 4) is 11.1 Å². The van der Waals surface area contributed by atoms with E-state index < -0.39 is 0 Å². The molecule has 0 bridgehead atoms. The highest BCUT2D eigenvalue weighted by Gasteiger charge is 2.13. The summed E-state index contributed by atoms with van der Waals surface area (Å²) < 4.78 is 0. The van der Waals surface area contributed by atoms with Crippen molar-refractivity contribution in [2.75, 3.05) is 4.90 Å². The summed E-state index contributed by atoms with van der Waals surface area (Å²) in [6.45, 7) is 9.88. The summed E-state index contributed by atoms with van der Waals surface area (Å²) in [6.07, 6.45) is 5.62. The van der Waals surface area contributed by atoms with E-state index in [0.29, 0.717) is 0 Å². The molecule has 0 saturated heterocycles. The van der Waals surface area contributed by atoms with Crippen LogP contribution in [0.5, 0.6) is 0 Å². The van der Waals surface area contributed by atoms with Crippen LogP contribution in [0.3, 0.4) is 0 Å². The van der Waals surface area contributed by atoms with Crippen LogP contribution >= 0.6 is 11.3 Å². The molecule has 0 aliphatic heterocycles. The number of benzene rings is 2. The van der Waals surface area contributed by atoms with Crippen LogP contribution in [0.25, 0.3) is 11.1 Å². The third-order valence-electron chi connectivity index (χ3n) is 3.99. The van der Waals surface area contributed by atoms with Crippen molar-refractivity contribution in [3.05, 3.63) is 109 Å². The van der Waals surface area contributed by atoms with Gasteiger partial charge in [0.1, 0.15) is 0 Å². The molecule has 0 amide bonds. The third kappa shape index (κ3) is 3.81. The Labute approximate surface area is 153 Å². The fourth-order valence-corrected chi connectivity index (χ4v) is 3.47. The highest BCUT2D eigenvalue weighted by atomic mass is 32.1. The van der Waals surface area contributed by atoms with Gasteiger partial charge in [-0.2, -0.15) is 0 Å². The Bertz CT molecular complexity index is 869. The predicted molar refractivity (Wildman–Crippen MR) is 112 cm³/mol. The van der Waals surface area contributed by atoms with Gasteiger partial charge in [-0.1, -0.05) is 61.2 Å². The quantitative estimate of drug-likeness (QED) is 0.431. The van der Waals surface area contributed by atoms with Gasteiger partial charge in [-0.05, 0) is 59.8 Å². The lowest BCUT2D eigenvalue weighted by molar-refractivity contribution is 1.24. The van der Waals surface area contributed by atoms with Crippen molar-refractivity contribution in [2.24, 2.45) is 0 Å². The minimum Gasteiger partial charge on any atom is -0.302 e. The summed E-state index contributed by atoms with van der Waals surface area (Å²) in [5.41, 5.74) is 5.81. The number of nitrogens with zero attached hydrogens (tertiary/aromatic N) is 1. The number of rotatable bonds is 6. The summed E-state index contributed by atoms with van der Waals surface area (Å²) >= 11 is 1.70. The highest BCUT2D eigenvalue weighted by Crippen LogP contribution is 2.35. The molecule has 0 atom stereocenters. The number of aryl methyl sites for hydroxylation is 1. The Morgan fingerprint density at radius 3 is 2.08 bits per heavy atom. The van der Waals surface area contributed by atoms with Crippen LogP contribution in [-0.4, -0.2) is 0 Å². The molecule has 0 N–H and O–H groups in total. The molecule has 2 aromatic carbocycles. The second kappa shape index (κ2) is 7.82. The van der Waals surface area contributed by atoms with Gasteiger partial charge in [0.25, 0.3) is 0 Å². The van der Waals surface area contributed by atoms with E-state index in [4.69, 9.17) is 0 Å². The predicted octanol–water partition coefficient (Wildman–Crippen LogP) is 7.12. The number of thiophene rings is 1. The molecule has 1 nitrogen and oxygen atoms in total. The summed E-state index contributed by atoms with van der Waals surface area (Å²) in [5.74, 6) is 0. The molecule has 0 spiro atoms. The van der Waals surface area contributed by atoms with E-state index in [1.165, 1.54) is 16.7 Å². The maximum atomic E-state index is 3.96. The topological polar surface area (TPSA) is 3.24 Å². The van der Waals surface area contributed by atoms with Gasteiger partial charge in [0.15, 0.2) is 0 Å². The Morgan fingerprint density at radius 1 is 0.920 bits per heavy atom. The van der Waals surface area contributed by atoms with Crippen molar-refractivity contribution < 1.29 is 0 Å². The van der Waals surface area contributed by atoms with E-state index >= 15 is 0 Å². The molecule has 0 aliphatic carbocycles. The lowest BCUT2D eigenvalue weighted by Crippen LogP contribution is -2.13. The third-order valence-corrected chi connectivity index (χ3v) is 4.85. The molecule has 0 radical (unpaired) electrons. The minimum atomic E-state index is 1.00. The van der Waals surface area contributed by atoms with Crippen molar-refractivity contribution >= 4 is 22.0 Å². The van der Waals surface area contributed by atoms with Crippen LogP contribution in [0.15, 0.2) is 103 Å². The molecule has 0 fully saturated rings. The molecule has 0 saturated carbocycles. The standard InChI is InChI=1S/C23H21NS/c1-4-7-21(5-2)24(23-8-6-17-25-23)22-15-13-20(14-16-22)19-11-9-18(3)10-12-19/h4-17H,1-2H2,3H3/b21-7+. The molecular weight excluding hydrogens is 322 g/mol. The van der Waals surface area contributed by atoms with Crippen molar-refractivity contribution in [3.63, 3.8) is 0 Å². The van der Waals surface area contributed by atoms with E-state index in [1.54, 1.807) is 17.4 Å². The average molecular weight is 343 g/mol. The van der Waals surface area contributed by atoms with Gasteiger partial charge < -0.3 is 4.90 Å².